The molecule has 5 nitrogen and oxygen atoms in total. The molecule has 3 rings (SSSR count). The van der Waals surface area contributed by atoms with Gasteiger partial charge in [0.25, 0.3) is 0 Å². The first-order valence-electron chi connectivity index (χ1n) is 6.97. The average Bonchev–Trinajstić information content (AvgIpc) is 2.75. The van der Waals surface area contributed by atoms with Gasteiger partial charge in [-0.05, 0) is 25.0 Å². The van der Waals surface area contributed by atoms with Crippen LogP contribution in [0.5, 0.6) is 0 Å². The van der Waals surface area contributed by atoms with E-state index in [9.17, 15) is 0 Å². The third-order valence-corrected chi connectivity index (χ3v) is 3.96. The number of hydrogen-bond acceptors (Lipinski definition) is 4. The summed E-state index contributed by atoms with van der Waals surface area (Å²) in [6.07, 6.45) is 5.69. The molecule has 0 bridgehead atoms. The Morgan fingerprint density at radius 2 is 2.00 bits per heavy atom. The number of hydrogen-bond donors (Lipinski definition) is 2. The maximum Gasteiger partial charge on any atom is 0.132 e. The molecular weight excluding hydrogens is 250 g/mol. The van der Waals surface area contributed by atoms with Gasteiger partial charge in [-0.15, -0.1) is 0 Å². The lowest BCUT2D eigenvalue weighted by atomic mass is 10.0. The maximum atomic E-state index is 6.04. The van der Waals surface area contributed by atoms with E-state index in [1.54, 1.807) is 10.9 Å². The van der Waals surface area contributed by atoms with Crippen molar-refractivity contribution < 1.29 is 0 Å². The maximum absolute atomic E-state index is 6.04. The molecule has 0 radical (unpaired) electrons. The van der Waals surface area contributed by atoms with Crippen molar-refractivity contribution in [1.29, 1.82) is 0 Å². The van der Waals surface area contributed by atoms with Gasteiger partial charge in [0.15, 0.2) is 0 Å². The minimum atomic E-state index is 0.409. The van der Waals surface area contributed by atoms with Gasteiger partial charge in [0.2, 0.25) is 0 Å². The molecular formula is C15H19N5. The number of aromatic nitrogens is 3. The van der Waals surface area contributed by atoms with Crippen LogP contribution in [-0.4, -0.2) is 14.6 Å². The second kappa shape index (κ2) is 4.67. The largest absolute Gasteiger partial charge is 0.397 e. The second-order valence-electron chi connectivity index (χ2n) is 5.13. The van der Waals surface area contributed by atoms with Crippen LogP contribution in [0, 0.1) is 0 Å². The first-order valence-corrected chi connectivity index (χ1v) is 6.97. The molecule has 0 atom stereocenters. The molecule has 3 aromatic rings. The van der Waals surface area contributed by atoms with Gasteiger partial charge < -0.3 is 11.6 Å². The molecule has 0 aliphatic carbocycles. The van der Waals surface area contributed by atoms with E-state index in [1.165, 1.54) is 0 Å². The van der Waals surface area contributed by atoms with Crippen LogP contribution in [0.15, 0.2) is 24.5 Å². The second-order valence-corrected chi connectivity index (χ2v) is 5.13. The summed E-state index contributed by atoms with van der Waals surface area (Å²) in [7, 11) is 0. The number of nitrogens with two attached hydrogens (primary N) is 2. The average molecular weight is 269 g/mol. The summed E-state index contributed by atoms with van der Waals surface area (Å²) in [5.41, 5.74) is 8.52. The van der Waals surface area contributed by atoms with Crippen LogP contribution in [0.3, 0.4) is 0 Å². The number of nitrogen functional groups attached to an aromatic ring is 2. The van der Waals surface area contributed by atoms with Crippen molar-refractivity contribution in [2.75, 3.05) is 11.6 Å². The van der Waals surface area contributed by atoms with Crippen molar-refractivity contribution in [3.63, 3.8) is 0 Å². The molecule has 104 valence electrons. The minimum Gasteiger partial charge on any atom is -0.397 e. The van der Waals surface area contributed by atoms with Crippen molar-refractivity contribution in [2.24, 2.45) is 0 Å². The molecule has 5 heteroatoms. The number of rotatable bonds is 3. The Balaban J connectivity index is 2.27. The van der Waals surface area contributed by atoms with Crippen molar-refractivity contribution in [3.8, 4) is 0 Å². The highest BCUT2D eigenvalue weighted by atomic mass is 15.3. The lowest BCUT2D eigenvalue weighted by Crippen LogP contribution is -2.05. The molecule has 4 N–H and O–H groups in total. The van der Waals surface area contributed by atoms with Crippen molar-refractivity contribution in [1.82, 2.24) is 14.6 Å². The Morgan fingerprint density at radius 3 is 2.70 bits per heavy atom. The van der Waals surface area contributed by atoms with Crippen LogP contribution in [0.1, 0.15) is 38.4 Å². The van der Waals surface area contributed by atoms with Crippen LogP contribution >= 0.6 is 0 Å². The van der Waals surface area contributed by atoms with Gasteiger partial charge in [0.1, 0.15) is 5.82 Å². The molecule has 0 aliphatic rings. The summed E-state index contributed by atoms with van der Waals surface area (Å²) >= 11 is 0. The zero-order valence-electron chi connectivity index (χ0n) is 11.8. The third-order valence-electron chi connectivity index (χ3n) is 3.96. The molecule has 0 spiro atoms. The molecule has 0 saturated heterocycles. The van der Waals surface area contributed by atoms with E-state index in [0.29, 0.717) is 11.6 Å². The van der Waals surface area contributed by atoms with Crippen LogP contribution in [0.25, 0.3) is 21.8 Å². The van der Waals surface area contributed by atoms with Gasteiger partial charge in [0.05, 0.1) is 16.7 Å². The van der Waals surface area contributed by atoms with Gasteiger partial charge in [-0.3, -0.25) is 4.68 Å². The Morgan fingerprint density at radius 1 is 1.25 bits per heavy atom. The fraction of sp³-hybridized carbons (Fsp3) is 0.333. The van der Waals surface area contributed by atoms with Gasteiger partial charge >= 0.3 is 0 Å². The standard InChI is InChI=1S/C15H19N5/c1-3-9(4-2)15-18-7-10-12(19-15)5-6-13-14(10)11(16)8-20(13)17/h5-9H,3-4,16-17H2,1-2H3. The zero-order valence-corrected chi connectivity index (χ0v) is 11.8. The minimum absolute atomic E-state index is 0.409. The van der Waals surface area contributed by atoms with Gasteiger partial charge in [0, 0.05) is 29.1 Å². The van der Waals surface area contributed by atoms with E-state index in [4.69, 9.17) is 16.6 Å². The van der Waals surface area contributed by atoms with E-state index in [2.05, 4.69) is 18.8 Å². The van der Waals surface area contributed by atoms with Crippen LogP contribution in [0.4, 0.5) is 5.69 Å². The number of benzene rings is 1. The smallest absolute Gasteiger partial charge is 0.132 e. The van der Waals surface area contributed by atoms with E-state index in [0.717, 1.165) is 40.5 Å². The molecule has 20 heavy (non-hydrogen) atoms. The zero-order chi connectivity index (χ0) is 14.3. The summed E-state index contributed by atoms with van der Waals surface area (Å²) in [5.74, 6) is 7.20. The predicted molar refractivity (Wildman–Crippen MR) is 82.9 cm³/mol. The van der Waals surface area contributed by atoms with Crippen LogP contribution in [0.2, 0.25) is 0 Å². The number of anilines is 1. The number of fused-ring (bicyclic) bond motifs is 3. The SMILES string of the molecule is CCC(CC)c1ncc2c(ccc3c2c(N)cn3N)n1. The first-order chi connectivity index (χ1) is 9.65. The lowest BCUT2D eigenvalue weighted by molar-refractivity contribution is 0.605. The molecule has 2 heterocycles. The summed E-state index contributed by atoms with van der Waals surface area (Å²) in [6.45, 7) is 4.33. The molecule has 0 aliphatic heterocycles. The lowest BCUT2D eigenvalue weighted by Gasteiger charge is -2.11. The molecule has 0 unspecified atom stereocenters. The Labute approximate surface area is 117 Å². The monoisotopic (exact) mass is 269 g/mol. The Bertz CT molecular complexity index is 771. The van der Waals surface area contributed by atoms with Crippen molar-refractivity contribution in [3.05, 3.63) is 30.4 Å². The fourth-order valence-electron chi connectivity index (χ4n) is 2.76. The normalized spacial score (nSPS) is 11.8. The predicted octanol–water partition coefficient (Wildman–Crippen LogP) is 2.78. The summed E-state index contributed by atoms with van der Waals surface area (Å²) in [6, 6.07) is 3.94. The van der Waals surface area contributed by atoms with E-state index in [1.807, 2.05) is 18.3 Å². The third kappa shape index (κ3) is 1.78. The van der Waals surface area contributed by atoms with E-state index < -0.39 is 0 Å². The molecule has 0 fully saturated rings. The van der Waals surface area contributed by atoms with Crippen molar-refractivity contribution in [2.45, 2.75) is 32.6 Å². The highest BCUT2D eigenvalue weighted by Gasteiger charge is 2.14. The van der Waals surface area contributed by atoms with Crippen LogP contribution in [-0.2, 0) is 0 Å². The highest BCUT2D eigenvalue weighted by Crippen LogP contribution is 2.30. The van der Waals surface area contributed by atoms with Gasteiger partial charge in [-0.1, -0.05) is 13.8 Å². The van der Waals surface area contributed by atoms with E-state index in [-0.39, 0.29) is 0 Å². The van der Waals surface area contributed by atoms with Gasteiger partial charge in [-0.25, -0.2) is 9.97 Å². The summed E-state index contributed by atoms with van der Waals surface area (Å²) in [5, 5.41) is 1.89. The Kier molecular flexibility index (Phi) is 2.97. The fourth-order valence-corrected chi connectivity index (χ4v) is 2.76. The molecule has 1 aromatic carbocycles. The highest BCUT2D eigenvalue weighted by molar-refractivity contribution is 6.11. The molecule has 0 saturated carbocycles. The quantitative estimate of drug-likeness (QED) is 0.716. The molecule has 0 amide bonds. The van der Waals surface area contributed by atoms with Crippen molar-refractivity contribution >= 4 is 27.5 Å². The Hall–Kier alpha value is -2.30. The van der Waals surface area contributed by atoms with E-state index >= 15 is 0 Å². The summed E-state index contributed by atoms with van der Waals surface area (Å²) < 4.78 is 1.54. The summed E-state index contributed by atoms with van der Waals surface area (Å²) in [4.78, 5) is 9.23. The molecule has 2 aromatic heterocycles. The topological polar surface area (TPSA) is 82.8 Å². The van der Waals surface area contributed by atoms with Gasteiger partial charge in [-0.2, -0.15) is 0 Å². The number of nitrogens with zero attached hydrogens (tertiary/aromatic N) is 3. The first kappa shape index (κ1) is 12.7. The van der Waals surface area contributed by atoms with Crippen LogP contribution < -0.4 is 11.6 Å².